The molecule has 2 aromatic rings. The van der Waals surface area contributed by atoms with Crippen molar-refractivity contribution in [1.82, 2.24) is 10.2 Å². The van der Waals surface area contributed by atoms with Crippen LogP contribution in [0.15, 0.2) is 42.5 Å². The minimum absolute atomic E-state index is 0.157. The third-order valence-corrected chi connectivity index (χ3v) is 4.99. The molecule has 2 aromatic carbocycles. The molecule has 1 N–H and O–H groups in total. The van der Waals surface area contributed by atoms with Gasteiger partial charge in [0.1, 0.15) is 11.8 Å². The number of nitrogens with one attached hydrogen (secondary N) is 1. The molecule has 0 aromatic heterocycles. The molecule has 0 aliphatic heterocycles. The highest BCUT2D eigenvalue weighted by Gasteiger charge is 2.26. The molecule has 0 saturated heterocycles. The van der Waals surface area contributed by atoms with E-state index in [4.69, 9.17) is 16.3 Å². The molecular weight excluding hydrogens is 364 g/mol. The van der Waals surface area contributed by atoms with Gasteiger partial charge in [0.15, 0.2) is 6.61 Å². The first-order valence-electron chi connectivity index (χ1n) is 8.78. The fourth-order valence-electron chi connectivity index (χ4n) is 2.70. The molecule has 0 radical (unpaired) electrons. The summed E-state index contributed by atoms with van der Waals surface area (Å²) < 4.78 is 5.74. The first-order chi connectivity index (χ1) is 12.8. The summed E-state index contributed by atoms with van der Waals surface area (Å²) in [5, 5.41) is 3.14. The Balaban J connectivity index is 2.19. The Morgan fingerprint density at radius 1 is 1.15 bits per heavy atom. The zero-order chi connectivity index (χ0) is 20.0. The van der Waals surface area contributed by atoms with Gasteiger partial charge < -0.3 is 15.0 Å². The summed E-state index contributed by atoms with van der Waals surface area (Å²) in [7, 11) is 1.55. The summed E-state index contributed by atoms with van der Waals surface area (Å²) in [4.78, 5) is 26.5. The number of rotatable bonds is 7. The second-order valence-electron chi connectivity index (χ2n) is 6.39. The maximum atomic E-state index is 12.9. The number of amides is 2. The SMILES string of the molecule is CNC(=O)[C@@H](C)N(Cc1ccccc1Cl)C(=O)COc1cccc(C)c1C. The van der Waals surface area contributed by atoms with Crippen molar-refractivity contribution in [2.75, 3.05) is 13.7 Å². The fourth-order valence-corrected chi connectivity index (χ4v) is 2.90. The number of carbonyl (C=O) groups excluding carboxylic acids is 2. The molecule has 5 nitrogen and oxygen atoms in total. The van der Waals surface area contributed by atoms with Crippen molar-refractivity contribution in [2.24, 2.45) is 0 Å². The van der Waals surface area contributed by atoms with Gasteiger partial charge in [-0.3, -0.25) is 9.59 Å². The van der Waals surface area contributed by atoms with Crippen LogP contribution in [0.2, 0.25) is 5.02 Å². The quantitative estimate of drug-likeness (QED) is 0.789. The number of aryl methyl sites for hydroxylation is 1. The molecule has 6 heteroatoms. The highest BCUT2D eigenvalue weighted by molar-refractivity contribution is 6.31. The Kier molecular flexibility index (Phi) is 7.25. The van der Waals surface area contributed by atoms with Gasteiger partial charge in [-0.1, -0.05) is 41.9 Å². The number of benzene rings is 2. The van der Waals surface area contributed by atoms with Crippen molar-refractivity contribution in [2.45, 2.75) is 33.4 Å². The van der Waals surface area contributed by atoms with Gasteiger partial charge in [-0.05, 0) is 49.6 Å². The van der Waals surface area contributed by atoms with Crippen molar-refractivity contribution in [3.63, 3.8) is 0 Å². The Morgan fingerprint density at radius 2 is 1.85 bits per heavy atom. The summed E-state index contributed by atoms with van der Waals surface area (Å²) >= 11 is 6.23. The summed E-state index contributed by atoms with van der Waals surface area (Å²) in [5.74, 6) is 0.128. The van der Waals surface area contributed by atoms with E-state index in [1.807, 2.05) is 50.2 Å². The predicted molar refractivity (Wildman–Crippen MR) is 107 cm³/mol. The van der Waals surface area contributed by atoms with Crippen LogP contribution in [-0.2, 0) is 16.1 Å². The average molecular weight is 389 g/mol. The van der Waals surface area contributed by atoms with Gasteiger partial charge in [0.05, 0.1) is 0 Å². The van der Waals surface area contributed by atoms with Crippen molar-refractivity contribution in [3.8, 4) is 5.75 Å². The minimum Gasteiger partial charge on any atom is -0.483 e. The monoisotopic (exact) mass is 388 g/mol. The Hall–Kier alpha value is -2.53. The van der Waals surface area contributed by atoms with Crippen LogP contribution in [-0.4, -0.2) is 36.4 Å². The molecule has 1 atom stereocenters. The van der Waals surface area contributed by atoms with Crippen LogP contribution in [0.3, 0.4) is 0 Å². The molecule has 0 heterocycles. The zero-order valence-electron chi connectivity index (χ0n) is 16.1. The lowest BCUT2D eigenvalue weighted by atomic mass is 10.1. The highest BCUT2D eigenvalue weighted by Crippen LogP contribution is 2.22. The van der Waals surface area contributed by atoms with Crippen LogP contribution in [0.4, 0.5) is 0 Å². The normalized spacial score (nSPS) is 11.6. The smallest absolute Gasteiger partial charge is 0.261 e. The summed E-state index contributed by atoms with van der Waals surface area (Å²) in [6.45, 7) is 5.69. The van der Waals surface area contributed by atoms with Gasteiger partial charge in [0.25, 0.3) is 5.91 Å². The maximum absolute atomic E-state index is 12.9. The maximum Gasteiger partial charge on any atom is 0.261 e. The summed E-state index contributed by atoms with van der Waals surface area (Å²) in [5.41, 5.74) is 2.85. The first kappa shape index (κ1) is 20.8. The molecular formula is C21H25ClN2O3. The van der Waals surface area contributed by atoms with E-state index in [2.05, 4.69) is 5.32 Å². The number of hydrogen-bond acceptors (Lipinski definition) is 3. The molecule has 0 aliphatic rings. The summed E-state index contributed by atoms with van der Waals surface area (Å²) in [6, 6.07) is 12.3. The molecule has 144 valence electrons. The van der Waals surface area contributed by atoms with E-state index in [-0.39, 0.29) is 25.0 Å². The van der Waals surface area contributed by atoms with E-state index in [0.29, 0.717) is 10.8 Å². The van der Waals surface area contributed by atoms with E-state index in [9.17, 15) is 9.59 Å². The molecule has 27 heavy (non-hydrogen) atoms. The predicted octanol–water partition coefficient (Wildman–Crippen LogP) is 3.50. The molecule has 0 bridgehead atoms. The number of ether oxygens (including phenoxy) is 1. The van der Waals surface area contributed by atoms with E-state index in [1.54, 1.807) is 20.0 Å². The van der Waals surface area contributed by atoms with E-state index in [0.717, 1.165) is 16.7 Å². The second kappa shape index (κ2) is 9.42. The fraction of sp³-hybridized carbons (Fsp3) is 0.333. The minimum atomic E-state index is -0.652. The third-order valence-electron chi connectivity index (χ3n) is 4.62. The highest BCUT2D eigenvalue weighted by atomic mass is 35.5. The van der Waals surface area contributed by atoms with Crippen LogP contribution in [0.25, 0.3) is 0 Å². The topological polar surface area (TPSA) is 58.6 Å². The molecule has 2 amide bonds. The van der Waals surface area contributed by atoms with E-state index >= 15 is 0 Å². The van der Waals surface area contributed by atoms with Crippen LogP contribution >= 0.6 is 11.6 Å². The second-order valence-corrected chi connectivity index (χ2v) is 6.80. The van der Waals surface area contributed by atoms with Crippen molar-refractivity contribution >= 4 is 23.4 Å². The first-order valence-corrected chi connectivity index (χ1v) is 9.16. The Labute approximate surface area is 165 Å². The average Bonchev–Trinajstić information content (AvgIpc) is 2.67. The molecule has 0 aliphatic carbocycles. The molecule has 2 rings (SSSR count). The zero-order valence-corrected chi connectivity index (χ0v) is 16.8. The van der Waals surface area contributed by atoms with Crippen molar-refractivity contribution in [1.29, 1.82) is 0 Å². The molecule has 0 spiro atoms. The molecule has 0 saturated carbocycles. The summed E-state index contributed by atoms with van der Waals surface area (Å²) in [6.07, 6.45) is 0. The van der Waals surface area contributed by atoms with Gasteiger partial charge in [-0.25, -0.2) is 0 Å². The molecule has 0 fully saturated rings. The van der Waals surface area contributed by atoms with Gasteiger partial charge in [0, 0.05) is 18.6 Å². The number of hydrogen-bond donors (Lipinski definition) is 1. The van der Waals surface area contributed by atoms with Crippen molar-refractivity contribution in [3.05, 3.63) is 64.2 Å². The van der Waals surface area contributed by atoms with Gasteiger partial charge in [0.2, 0.25) is 5.91 Å². The van der Waals surface area contributed by atoms with Gasteiger partial charge in [-0.2, -0.15) is 0 Å². The van der Waals surface area contributed by atoms with Crippen molar-refractivity contribution < 1.29 is 14.3 Å². The van der Waals surface area contributed by atoms with Gasteiger partial charge >= 0.3 is 0 Å². The largest absolute Gasteiger partial charge is 0.483 e. The number of halogens is 1. The molecule has 0 unspecified atom stereocenters. The lowest BCUT2D eigenvalue weighted by Gasteiger charge is -2.28. The van der Waals surface area contributed by atoms with E-state index in [1.165, 1.54) is 4.90 Å². The lowest BCUT2D eigenvalue weighted by Crippen LogP contribution is -2.48. The standard InChI is InChI=1S/C21H25ClN2O3/c1-14-8-7-11-19(15(14)2)27-13-20(25)24(16(3)21(26)23-4)12-17-9-5-6-10-18(17)22/h5-11,16H,12-13H2,1-4H3,(H,23,26)/t16-/m1/s1. The Bertz CT molecular complexity index is 823. The van der Waals surface area contributed by atoms with Crippen LogP contribution in [0.5, 0.6) is 5.75 Å². The van der Waals surface area contributed by atoms with Crippen LogP contribution in [0.1, 0.15) is 23.6 Å². The van der Waals surface area contributed by atoms with Gasteiger partial charge in [-0.15, -0.1) is 0 Å². The number of carbonyl (C=O) groups is 2. The number of nitrogens with zero attached hydrogens (tertiary/aromatic N) is 1. The third kappa shape index (κ3) is 5.23. The van der Waals surface area contributed by atoms with Crippen LogP contribution < -0.4 is 10.1 Å². The van der Waals surface area contributed by atoms with Crippen LogP contribution in [0, 0.1) is 13.8 Å². The van der Waals surface area contributed by atoms with E-state index < -0.39 is 6.04 Å². The lowest BCUT2D eigenvalue weighted by molar-refractivity contribution is -0.142. The Morgan fingerprint density at radius 3 is 2.52 bits per heavy atom. The number of likely N-dealkylation sites (N-methyl/N-ethyl adjacent to an activating group) is 1.